The number of nitrogens with zero attached hydrogens (tertiary/aromatic N) is 1. The van der Waals surface area contributed by atoms with Crippen molar-refractivity contribution in [2.75, 3.05) is 0 Å². The predicted molar refractivity (Wildman–Crippen MR) is 96.5 cm³/mol. The first-order chi connectivity index (χ1) is 12.1. The predicted octanol–water partition coefficient (Wildman–Crippen LogP) is 3.01. The molecule has 2 fully saturated rings. The van der Waals surface area contributed by atoms with Gasteiger partial charge in [-0.15, -0.1) is 0 Å². The zero-order valence-corrected chi connectivity index (χ0v) is 14.3. The number of halogens is 1. The van der Waals surface area contributed by atoms with Gasteiger partial charge < -0.3 is 10.3 Å². The van der Waals surface area contributed by atoms with Gasteiger partial charge in [-0.3, -0.25) is 9.59 Å². The first-order valence-electron chi connectivity index (χ1n) is 8.47. The lowest BCUT2D eigenvalue weighted by Gasteiger charge is -2.12. The minimum absolute atomic E-state index is 0.0386. The van der Waals surface area contributed by atoms with E-state index in [1.54, 1.807) is 12.3 Å². The van der Waals surface area contributed by atoms with Gasteiger partial charge in [-0.2, -0.15) is 0 Å². The molecular formula is C19H18ClN3O2. The van der Waals surface area contributed by atoms with E-state index in [1.807, 2.05) is 24.3 Å². The molecule has 4 rings (SSSR count). The van der Waals surface area contributed by atoms with Gasteiger partial charge in [0.2, 0.25) is 5.91 Å². The number of H-pyrrole nitrogens is 1. The molecule has 1 amide bonds. The van der Waals surface area contributed by atoms with E-state index < -0.39 is 0 Å². The fourth-order valence-corrected chi connectivity index (χ4v) is 3.31. The average molecular weight is 356 g/mol. The van der Waals surface area contributed by atoms with Crippen LogP contribution in [0.1, 0.15) is 48.4 Å². The summed E-state index contributed by atoms with van der Waals surface area (Å²) >= 11 is 5.89. The molecule has 5 nitrogen and oxygen atoms in total. The number of aromatic nitrogens is 2. The summed E-state index contributed by atoms with van der Waals surface area (Å²) < 4.78 is 0. The first-order valence-corrected chi connectivity index (χ1v) is 8.84. The van der Waals surface area contributed by atoms with E-state index in [4.69, 9.17) is 11.6 Å². The van der Waals surface area contributed by atoms with Crippen LogP contribution >= 0.6 is 11.6 Å². The lowest BCUT2D eigenvalue weighted by molar-refractivity contribution is -0.119. The third-order valence-corrected chi connectivity index (χ3v) is 4.91. The van der Waals surface area contributed by atoms with Crippen molar-refractivity contribution in [2.45, 2.75) is 37.6 Å². The number of hydrogen-bond donors (Lipinski definition) is 2. The molecule has 1 aliphatic carbocycles. The molecule has 2 aromatic rings. The molecule has 0 spiro atoms. The first kappa shape index (κ1) is 16.1. The average Bonchev–Trinajstić information content (AvgIpc) is 3.35. The highest BCUT2D eigenvalue weighted by Gasteiger charge is 2.26. The van der Waals surface area contributed by atoms with Crippen LogP contribution in [0.5, 0.6) is 0 Å². The monoisotopic (exact) mass is 355 g/mol. The second-order valence-corrected chi connectivity index (χ2v) is 6.98. The van der Waals surface area contributed by atoms with E-state index in [9.17, 15) is 9.59 Å². The zero-order valence-electron chi connectivity index (χ0n) is 13.6. The number of carbonyl (C=O) groups excluding carboxylic acids is 1. The molecule has 2 N–H and O–H groups in total. The van der Waals surface area contributed by atoms with Gasteiger partial charge in [0.15, 0.2) is 0 Å². The molecule has 1 atom stereocenters. The molecule has 3 heterocycles. The highest BCUT2D eigenvalue weighted by molar-refractivity contribution is 6.29. The maximum absolute atomic E-state index is 12.4. The fraction of sp³-hybridized carbons (Fsp3) is 0.316. The van der Waals surface area contributed by atoms with Crippen molar-refractivity contribution in [3.63, 3.8) is 0 Å². The van der Waals surface area contributed by atoms with Gasteiger partial charge >= 0.3 is 0 Å². The maximum Gasteiger partial charge on any atom is 0.251 e. The standard InChI is InChI=1S/C19H18ClN3O2/c20-17-7-3-12(10-21-17)15(9-13-4-8-18(24)22-13)16-6-5-14(11-1-2-11)19(25)23-16/h3,5-7,9-11,13H,1-2,4,8H2,(H,22,24)(H,23,25)/t13-/m1/s1. The molecule has 0 aromatic carbocycles. The molecule has 0 radical (unpaired) electrons. The van der Waals surface area contributed by atoms with Gasteiger partial charge in [0.05, 0.1) is 0 Å². The molecule has 1 aliphatic heterocycles. The Labute approximate surface area is 150 Å². The summed E-state index contributed by atoms with van der Waals surface area (Å²) in [4.78, 5) is 31.1. The van der Waals surface area contributed by atoms with E-state index in [1.165, 1.54) is 0 Å². The Hall–Kier alpha value is -2.40. The molecule has 1 saturated heterocycles. The quantitative estimate of drug-likeness (QED) is 0.828. The number of aromatic amines is 1. The molecule has 0 unspecified atom stereocenters. The van der Waals surface area contributed by atoms with Gasteiger partial charge in [0.1, 0.15) is 5.15 Å². The third kappa shape index (κ3) is 3.51. The lowest BCUT2D eigenvalue weighted by Crippen LogP contribution is -2.23. The van der Waals surface area contributed by atoms with E-state index >= 15 is 0 Å². The van der Waals surface area contributed by atoms with Crippen LogP contribution in [-0.2, 0) is 4.79 Å². The smallest absolute Gasteiger partial charge is 0.251 e. The Balaban J connectivity index is 1.75. The minimum Gasteiger partial charge on any atom is -0.350 e. The topological polar surface area (TPSA) is 74.8 Å². The van der Waals surface area contributed by atoms with Crippen LogP contribution in [-0.4, -0.2) is 21.9 Å². The second-order valence-electron chi connectivity index (χ2n) is 6.59. The van der Waals surface area contributed by atoms with Crippen LogP contribution in [0.15, 0.2) is 41.3 Å². The van der Waals surface area contributed by atoms with Gasteiger partial charge in [-0.1, -0.05) is 23.7 Å². The van der Waals surface area contributed by atoms with E-state index in [0.29, 0.717) is 17.5 Å². The Morgan fingerprint density at radius 2 is 2.00 bits per heavy atom. The van der Waals surface area contributed by atoms with Gasteiger partial charge in [0, 0.05) is 41.1 Å². The normalized spacial score (nSPS) is 20.6. The van der Waals surface area contributed by atoms with Gasteiger partial charge in [-0.05, 0) is 43.4 Å². The van der Waals surface area contributed by atoms with Crippen LogP contribution in [0, 0.1) is 0 Å². The summed E-state index contributed by atoms with van der Waals surface area (Å²) in [5.41, 5.74) is 3.23. The number of nitrogens with one attached hydrogen (secondary N) is 2. The molecule has 128 valence electrons. The Kier molecular flexibility index (Phi) is 4.17. The summed E-state index contributed by atoms with van der Waals surface area (Å²) in [6, 6.07) is 7.38. The maximum atomic E-state index is 12.4. The van der Waals surface area contributed by atoms with Crippen molar-refractivity contribution in [3.8, 4) is 0 Å². The summed E-state index contributed by atoms with van der Waals surface area (Å²) in [6.45, 7) is 0. The van der Waals surface area contributed by atoms with Crippen molar-refractivity contribution in [1.29, 1.82) is 0 Å². The number of rotatable bonds is 4. The summed E-state index contributed by atoms with van der Waals surface area (Å²) in [5.74, 6) is 0.448. The lowest BCUT2D eigenvalue weighted by atomic mass is 9.99. The van der Waals surface area contributed by atoms with Crippen LogP contribution in [0.3, 0.4) is 0 Å². The van der Waals surface area contributed by atoms with Crippen molar-refractivity contribution < 1.29 is 4.79 Å². The largest absolute Gasteiger partial charge is 0.350 e. The molecule has 6 heteroatoms. The van der Waals surface area contributed by atoms with Crippen LogP contribution in [0.25, 0.3) is 5.57 Å². The number of pyridine rings is 2. The molecule has 1 saturated carbocycles. The second kappa shape index (κ2) is 6.48. The summed E-state index contributed by atoms with van der Waals surface area (Å²) in [7, 11) is 0. The van der Waals surface area contributed by atoms with Crippen LogP contribution in [0.2, 0.25) is 5.15 Å². The number of amides is 1. The molecule has 2 aromatic heterocycles. The molecular weight excluding hydrogens is 338 g/mol. The Bertz CT molecular complexity index is 898. The minimum atomic E-state index is -0.0511. The molecule has 25 heavy (non-hydrogen) atoms. The Morgan fingerprint density at radius 3 is 2.60 bits per heavy atom. The van der Waals surface area contributed by atoms with E-state index in [-0.39, 0.29) is 17.5 Å². The SMILES string of the molecule is O=C1CC[C@H](C=C(c2ccc(Cl)nc2)c2ccc(C3CC3)c(=O)[nH]2)N1. The fourth-order valence-electron chi connectivity index (χ4n) is 3.20. The number of hydrogen-bond acceptors (Lipinski definition) is 3. The summed E-state index contributed by atoms with van der Waals surface area (Å²) in [5, 5.41) is 3.35. The van der Waals surface area contributed by atoms with E-state index in [0.717, 1.165) is 41.7 Å². The Morgan fingerprint density at radius 1 is 1.16 bits per heavy atom. The molecule has 0 bridgehead atoms. The molecule has 2 aliphatic rings. The third-order valence-electron chi connectivity index (χ3n) is 4.68. The van der Waals surface area contributed by atoms with Gasteiger partial charge in [0.25, 0.3) is 5.56 Å². The number of carbonyl (C=O) groups is 1. The highest BCUT2D eigenvalue weighted by atomic mass is 35.5. The highest BCUT2D eigenvalue weighted by Crippen LogP contribution is 2.38. The van der Waals surface area contributed by atoms with Crippen LogP contribution in [0.4, 0.5) is 0 Å². The van der Waals surface area contributed by atoms with Crippen molar-refractivity contribution in [1.82, 2.24) is 15.3 Å². The van der Waals surface area contributed by atoms with E-state index in [2.05, 4.69) is 15.3 Å². The summed E-state index contributed by atoms with van der Waals surface area (Å²) in [6.07, 6.45) is 7.09. The van der Waals surface area contributed by atoms with Crippen LogP contribution < -0.4 is 10.9 Å². The van der Waals surface area contributed by atoms with Crippen molar-refractivity contribution in [2.24, 2.45) is 0 Å². The van der Waals surface area contributed by atoms with Crippen molar-refractivity contribution in [3.05, 3.63) is 68.9 Å². The zero-order chi connectivity index (χ0) is 17.4. The van der Waals surface area contributed by atoms with Crippen molar-refractivity contribution >= 4 is 23.1 Å². The van der Waals surface area contributed by atoms with Gasteiger partial charge in [-0.25, -0.2) is 4.98 Å².